The van der Waals surface area contributed by atoms with Gasteiger partial charge in [-0.15, -0.1) is 0 Å². The van der Waals surface area contributed by atoms with Gasteiger partial charge in [0.15, 0.2) is 0 Å². The van der Waals surface area contributed by atoms with Crippen molar-refractivity contribution in [3.05, 3.63) is 41.5 Å². The molecule has 0 aliphatic carbocycles. The summed E-state index contributed by atoms with van der Waals surface area (Å²) in [6, 6.07) is 3.99. The maximum Gasteiger partial charge on any atom is 0.135 e. The molecule has 2 heterocycles. The smallest absolute Gasteiger partial charge is 0.135 e. The van der Waals surface area contributed by atoms with Gasteiger partial charge < -0.3 is 10.6 Å². The second-order valence-corrected chi connectivity index (χ2v) is 4.96. The quantitative estimate of drug-likeness (QED) is 0.818. The Hall–Kier alpha value is -2.17. The number of nitrogens with zero attached hydrogens (tertiary/aromatic N) is 3. The Kier molecular flexibility index (Phi) is 5.49. The van der Waals surface area contributed by atoms with E-state index in [1.54, 1.807) is 6.20 Å². The second-order valence-electron chi connectivity index (χ2n) is 4.96. The fraction of sp³-hybridized carbons (Fsp3) is 0.438. The van der Waals surface area contributed by atoms with E-state index in [2.05, 4.69) is 45.5 Å². The van der Waals surface area contributed by atoms with E-state index in [-0.39, 0.29) is 0 Å². The van der Waals surface area contributed by atoms with E-state index in [4.69, 9.17) is 0 Å². The van der Waals surface area contributed by atoms with Gasteiger partial charge in [-0.05, 0) is 31.9 Å². The van der Waals surface area contributed by atoms with Crippen molar-refractivity contribution in [2.75, 3.05) is 17.2 Å². The zero-order chi connectivity index (χ0) is 15.1. The van der Waals surface area contributed by atoms with Crippen molar-refractivity contribution in [3.8, 4) is 0 Å². The van der Waals surface area contributed by atoms with Gasteiger partial charge in [0, 0.05) is 37.5 Å². The predicted molar refractivity (Wildman–Crippen MR) is 86.5 cm³/mol. The number of anilines is 2. The molecular weight excluding hydrogens is 262 g/mol. The summed E-state index contributed by atoms with van der Waals surface area (Å²) in [7, 11) is 0. The molecule has 0 spiro atoms. The average Bonchev–Trinajstić information content (AvgIpc) is 2.50. The Bertz CT molecular complexity index is 568. The highest BCUT2D eigenvalue weighted by atomic mass is 15.1. The molecule has 0 atom stereocenters. The zero-order valence-corrected chi connectivity index (χ0v) is 13.0. The van der Waals surface area contributed by atoms with Crippen molar-refractivity contribution in [2.24, 2.45) is 0 Å². The van der Waals surface area contributed by atoms with Crippen molar-refractivity contribution in [3.63, 3.8) is 0 Å². The third-order valence-corrected chi connectivity index (χ3v) is 3.19. The van der Waals surface area contributed by atoms with Gasteiger partial charge in [0.2, 0.25) is 0 Å². The number of aromatic nitrogens is 3. The van der Waals surface area contributed by atoms with Crippen LogP contribution in [0.3, 0.4) is 0 Å². The molecule has 0 bridgehead atoms. The largest absolute Gasteiger partial charge is 0.370 e. The van der Waals surface area contributed by atoms with Crippen molar-refractivity contribution in [2.45, 2.75) is 40.2 Å². The van der Waals surface area contributed by atoms with Crippen molar-refractivity contribution in [1.29, 1.82) is 0 Å². The molecule has 0 aromatic carbocycles. The van der Waals surface area contributed by atoms with Gasteiger partial charge in [0.1, 0.15) is 17.5 Å². The number of pyridine rings is 1. The Labute approximate surface area is 126 Å². The van der Waals surface area contributed by atoms with Gasteiger partial charge in [-0.3, -0.25) is 4.98 Å². The molecule has 0 saturated carbocycles. The third-order valence-electron chi connectivity index (χ3n) is 3.19. The molecule has 0 amide bonds. The molecule has 2 rings (SSSR count). The molecule has 2 aromatic heterocycles. The Morgan fingerprint density at radius 2 is 1.86 bits per heavy atom. The van der Waals surface area contributed by atoms with E-state index < -0.39 is 0 Å². The molecule has 0 fully saturated rings. The molecule has 0 aliphatic rings. The topological polar surface area (TPSA) is 62.7 Å². The van der Waals surface area contributed by atoms with Crippen LogP contribution in [-0.2, 0) is 13.0 Å². The lowest BCUT2D eigenvalue weighted by molar-refractivity contribution is 0.830. The van der Waals surface area contributed by atoms with Gasteiger partial charge in [0.05, 0.1) is 0 Å². The van der Waals surface area contributed by atoms with E-state index in [0.717, 1.165) is 48.0 Å². The number of aryl methyl sites for hydroxylation is 1. The van der Waals surface area contributed by atoms with Crippen LogP contribution >= 0.6 is 0 Å². The first kappa shape index (κ1) is 15.2. The summed E-state index contributed by atoms with van der Waals surface area (Å²) < 4.78 is 0. The number of hydrogen-bond donors (Lipinski definition) is 2. The summed E-state index contributed by atoms with van der Waals surface area (Å²) in [5.74, 6) is 2.70. The van der Waals surface area contributed by atoms with Gasteiger partial charge in [-0.1, -0.05) is 13.0 Å². The Balaban J connectivity index is 2.20. The monoisotopic (exact) mass is 285 g/mol. The maximum atomic E-state index is 4.64. The lowest BCUT2D eigenvalue weighted by Crippen LogP contribution is -2.11. The normalized spacial score (nSPS) is 10.4. The standard InChI is InChI=1S/C16H23N5/c1-4-7-14-20-15(18-5-2)12(3)16(21-14)19-11-13-8-6-9-17-10-13/h6,8-10H,4-5,7,11H2,1-3H3,(H2,18,19,20,21). The molecule has 2 N–H and O–H groups in total. The van der Waals surface area contributed by atoms with E-state index in [0.29, 0.717) is 6.54 Å². The van der Waals surface area contributed by atoms with Crippen LogP contribution in [-0.4, -0.2) is 21.5 Å². The lowest BCUT2D eigenvalue weighted by Gasteiger charge is -2.14. The van der Waals surface area contributed by atoms with Crippen molar-refractivity contribution < 1.29 is 0 Å². The van der Waals surface area contributed by atoms with Crippen LogP contribution in [0.15, 0.2) is 24.5 Å². The molecule has 5 heteroatoms. The first-order valence-electron chi connectivity index (χ1n) is 7.48. The highest BCUT2D eigenvalue weighted by Gasteiger charge is 2.10. The number of nitrogens with one attached hydrogen (secondary N) is 2. The van der Waals surface area contributed by atoms with Crippen LogP contribution in [0, 0.1) is 6.92 Å². The molecule has 5 nitrogen and oxygen atoms in total. The number of rotatable bonds is 7. The van der Waals surface area contributed by atoms with Crippen LogP contribution in [0.2, 0.25) is 0 Å². The van der Waals surface area contributed by atoms with Crippen LogP contribution in [0.4, 0.5) is 11.6 Å². The first-order valence-corrected chi connectivity index (χ1v) is 7.48. The third kappa shape index (κ3) is 4.15. The second kappa shape index (κ2) is 7.57. The van der Waals surface area contributed by atoms with Crippen molar-refractivity contribution in [1.82, 2.24) is 15.0 Å². The highest BCUT2D eigenvalue weighted by molar-refractivity contribution is 5.57. The van der Waals surface area contributed by atoms with E-state index in [9.17, 15) is 0 Å². The molecule has 2 aromatic rings. The fourth-order valence-electron chi connectivity index (χ4n) is 2.10. The minimum atomic E-state index is 0.711. The van der Waals surface area contributed by atoms with E-state index in [1.807, 2.05) is 19.2 Å². The van der Waals surface area contributed by atoms with Crippen molar-refractivity contribution >= 4 is 11.6 Å². The van der Waals surface area contributed by atoms with Gasteiger partial charge in [-0.25, -0.2) is 9.97 Å². The zero-order valence-electron chi connectivity index (χ0n) is 13.0. The summed E-state index contributed by atoms with van der Waals surface area (Å²) >= 11 is 0. The summed E-state index contributed by atoms with van der Waals surface area (Å²) in [4.78, 5) is 13.4. The summed E-state index contributed by atoms with van der Waals surface area (Å²) in [6.45, 7) is 7.82. The lowest BCUT2D eigenvalue weighted by atomic mass is 10.2. The number of hydrogen-bond acceptors (Lipinski definition) is 5. The highest BCUT2D eigenvalue weighted by Crippen LogP contribution is 2.21. The first-order chi connectivity index (χ1) is 10.2. The van der Waals surface area contributed by atoms with Crippen LogP contribution in [0.5, 0.6) is 0 Å². The molecule has 112 valence electrons. The molecule has 0 unspecified atom stereocenters. The average molecular weight is 285 g/mol. The fourth-order valence-corrected chi connectivity index (χ4v) is 2.10. The summed E-state index contributed by atoms with van der Waals surface area (Å²) in [5.41, 5.74) is 2.19. The Morgan fingerprint density at radius 1 is 1.10 bits per heavy atom. The summed E-state index contributed by atoms with van der Waals surface area (Å²) in [6.07, 6.45) is 5.57. The molecule has 0 saturated heterocycles. The van der Waals surface area contributed by atoms with E-state index >= 15 is 0 Å². The Morgan fingerprint density at radius 3 is 2.48 bits per heavy atom. The molecule has 0 radical (unpaired) electrons. The molecule has 21 heavy (non-hydrogen) atoms. The predicted octanol–water partition coefficient (Wildman–Crippen LogP) is 3.18. The van der Waals surface area contributed by atoms with Gasteiger partial charge in [-0.2, -0.15) is 0 Å². The van der Waals surface area contributed by atoms with Crippen LogP contribution in [0.25, 0.3) is 0 Å². The molecule has 0 aliphatic heterocycles. The molecular formula is C16H23N5. The van der Waals surface area contributed by atoms with Crippen LogP contribution < -0.4 is 10.6 Å². The minimum absolute atomic E-state index is 0.711. The van der Waals surface area contributed by atoms with Gasteiger partial charge in [0.25, 0.3) is 0 Å². The van der Waals surface area contributed by atoms with Gasteiger partial charge >= 0.3 is 0 Å². The summed E-state index contributed by atoms with van der Waals surface area (Å²) in [5, 5.41) is 6.71. The maximum absolute atomic E-state index is 4.64. The SMILES string of the molecule is CCCc1nc(NCC)c(C)c(NCc2cccnc2)n1. The van der Waals surface area contributed by atoms with E-state index in [1.165, 1.54) is 0 Å². The minimum Gasteiger partial charge on any atom is -0.370 e. The van der Waals surface area contributed by atoms with Crippen LogP contribution in [0.1, 0.15) is 37.2 Å².